The van der Waals surface area contributed by atoms with E-state index in [0.717, 1.165) is 24.0 Å². The molecule has 0 aliphatic heterocycles. The molecule has 28 heavy (non-hydrogen) atoms. The van der Waals surface area contributed by atoms with Crippen molar-refractivity contribution in [2.75, 3.05) is 19.8 Å². The largest absolute Gasteiger partial charge is 0.462 e. The van der Waals surface area contributed by atoms with E-state index in [1.54, 1.807) is 30.6 Å². The van der Waals surface area contributed by atoms with Crippen molar-refractivity contribution in [3.8, 4) is 0 Å². The Morgan fingerprint density at radius 2 is 1.50 bits per heavy atom. The van der Waals surface area contributed by atoms with Gasteiger partial charge in [0.15, 0.2) is 0 Å². The maximum absolute atomic E-state index is 12.0. The molecular formula is C23H26N2O3. The molecule has 2 aromatic carbocycles. The fourth-order valence-corrected chi connectivity index (χ4v) is 2.28. The van der Waals surface area contributed by atoms with E-state index in [1.165, 1.54) is 5.56 Å². The second-order valence-corrected chi connectivity index (χ2v) is 6.23. The summed E-state index contributed by atoms with van der Waals surface area (Å²) >= 11 is 0. The molecule has 0 aliphatic rings. The topological polar surface area (TPSA) is 60.2 Å². The van der Waals surface area contributed by atoms with E-state index in [1.807, 2.05) is 43.3 Å². The molecular weight excluding hydrogens is 352 g/mol. The number of hydrogen-bond donors (Lipinski definition) is 0. The molecule has 146 valence electrons. The van der Waals surface area contributed by atoms with Gasteiger partial charge in [-0.05, 0) is 43.0 Å². The van der Waals surface area contributed by atoms with Gasteiger partial charge in [-0.2, -0.15) is 10.2 Å². The van der Waals surface area contributed by atoms with Gasteiger partial charge >= 0.3 is 5.97 Å². The minimum absolute atomic E-state index is 0.326. The molecule has 5 heteroatoms. The Bertz CT molecular complexity index is 794. The smallest absolute Gasteiger partial charge is 0.338 e. The number of ether oxygens (including phenoxy) is 2. The molecule has 0 aliphatic carbocycles. The van der Waals surface area contributed by atoms with Crippen LogP contribution in [0.5, 0.6) is 0 Å². The first-order valence-corrected chi connectivity index (χ1v) is 9.28. The number of rotatable bonds is 11. The Balaban J connectivity index is 1.73. The van der Waals surface area contributed by atoms with E-state index in [0.29, 0.717) is 25.4 Å². The molecule has 2 rings (SSSR count). The van der Waals surface area contributed by atoms with Crippen molar-refractivity contribution in [3.63, 3.8) is 0 Å². The van der Waals surface area contributed by atoms with Crippen LogP contribution in [0.3, 0.4) is 0 Å². The van der Waals surface area contributed by atoms with Crippen LogP contribution in [0.1, 0.15) is 39.9 Å². The lowest BCUT2D eigenvalue weighted by molar-refractivity contribution is 0.0486. The van der Waals surface area contributed by atoms with E-state index in [9.17, 15) is 4.79 Å². The first kappa shape index (κ1) is 21.3. The van der Waals surface area contributed by atoms with Crippen LogP contribution in [0.4, 0.5) is 0 Å². The van der Waals surface area contributed by atoms with Crippen LogP contribution in [0.2, 0.25) is 0 Å². The molecule has 0 saturated carbocycles. The standard InChI is InChI=1S/C23H26N2O3/c1-3-14-27-15-4-5-16-28-23(26)22-12-10-21(11-13-22)18-25-24-17-20-8-6-19(2)7-9-20/h3,6-13,17-18H,1,4-5,14-16H2,2H3/b24-17+,25-18+. The minimum atomic E-state index is -0.326. The number of esters is 1. The van der Waals surface area contributed by atoms with Crippen molar-refractivity contribution >= 4 is 18.4 Å². The van der Waals surface area contributed by atoms with Crippen molar-refractivity contribution in [1.82, 2.24) is 0 Å². The van der Waals surface area contributed by atoms with E-state index in [4.69, 9.17) is 9.47 Å². The van der Waals surface area contributed by atoms with Gasteiger partial charge in [-0.25, -0.2) is 4.79 Å². The highest BCUT2D eigenvalue weighted by Gasteiger charge is 2.06. The Morgan fingerprint density at radius 3 is 2.11 bits per heavy atom. The fraction of sp³-hybridized carbons (Fsp3) is 0.261. The average Bonchev–Trinajstić information content (AvgIpc) is 2.72. The van der Waals surface area contributed by atoms with Crippen LogP contribution in [-0.4, -0.2) is 38.2 Å². The second kappa shape index (κ2) is 12.4. The summed E-state index contributed by atoms with van der Waals surface area (Å²) in [6.07, 6.45) is 6.67. The van der Waals surface area contributed by atoms with Crippen LogP contribution >= 0.6 is 0 Å². The van der Waals surface area contributed by atoms with Crippen LogP contribution in [0.15, 0.2) is 71.4 Å². The van der Waals surface area contributed by atoms with Gasteiger partial charge in [0, 0.05) is 6.61 Å². The molecule has 0 heterocycles. The normalized spacial score (nSPS) is 11.2. The summed E-state index contributed by atoms with van der Waals surface area (Å²) in [6.45, 7) is 7.20. The summed E-state index contributed by atoms with van der Waals surface area (Å²) < 4.78 is 10.5. The van der Waals surface area contributed by atoms with E-state index in [2.05, 4.69) is 16.8 Å². The molecule has 0 amide bonds. The third kappa shape index (κ3) is 8.10. The van der Waals surface area contributed by atoms with Gasteiger partial charge in [0.25, 0.3) is 0 Å². The van der Waals surface area contributed by atoms with Gasteiger partial charge in [-0.3, -0.25) is 0 Å². The first-order valence-electron chi connectivity index (χ1n) is 9.28. The molecule has 0 bridgehead atoms. The molecule has 0 fully saturated rings. The highest BCUT2D eigenvalue weighted by Crippen LogP contribution is 2.06. The lowest BCUT2D eigenvalue weighted by Crippen LogP contribution is -2.07. The Labute approximate surface area is 166 Å². The number of benzene rings is 2. The van der Waals surface area contributed by atoms with Crippen molar-refractivity contribution in [3.05, 3.63) is 83.4 Å². The predicted octanol–water partition coefficient (Wildman–Crippen LogP) is 4.59. The third-order valence-electron chi connectivity index (χ3n) is 3.86. The monoisotopic (exact) mass is 378 g/mol. The van der Waals surface area contributed by atoms with Crippen LogP contribution in [-0.2, 0) is 9.47 Å². The summed E-state index contributed by atoms with van der Waals surface area (Å²) in [5.74, 6) is -0.326. The second-order valence-electron chi connectivity index (χ2n) is 6.23. The van der Waals surface area contributed by atoms with Gasteiger partial charge in [-0.1, -0.05) is 48.0 Å². The van der Waals surface area contributed by atoms with Gasteiger partial charge in [-0.15, -0.1) is 6.58 Å². The lowest BCUT2D eigenvalue weighted by atomic mass is 10.1. The Morgan fingerprint density at radius 1 is 0.929 bits per heavy atom. The zero-order valence-corrected chi connectivity index (χ0v) is 16.2. The fourth-order valence-electron chi connectivity index (χ4n) is 2.28. The number of aryl methyl sites for hydroxylation is 1. The van der Waals surface area contributed by atoms with Crippen LogP contribution in [0, 0.1) is 6.92 Å². The van der Waals surface area contributed by atoms with E-state index in [-0.39, 0.29) is 5.97 Å². The molecule has 2 aromatic rings. The highest BCUT2D eigenvalue weighted by molar-refractivity contribution is 5.90. The van der Waals surface area contributed by atoms with Gasteiger partial charge in [0.2, 0.25) is 0 Å². The summed E-state index contributed by atoms with van der Waals surface area (Å²) in [5, 5.41) is 8.07. The number of carbonyl (C=O) groups excluding carboxylic acids is 1. The van der Waals surface area contributed by atoms with E-state index < -0.39 is 0 Å². The molecule has 5 nitrogen and oxygen atoms in total. The predicted molar refractivity (Wildman–Crippen MR) is 113 cm³/mol. The van der Waals surface area contributed by atoms with Crippen LogP contribution < -0.4 is 0 Å². The van der Waals surface area contributed by atoms with E-state index >= 15 is 0 Å². The Hall–Kier alpha value is -3.05. The molecule has 0 spiro atoms. The molecule has 0 N–H and O–H groups in total. The van der Waals surface area contributed by atoms with Gasteiger partial charge in [0.1, 0.15) is 0 Å². The number of nitrogens with zero attached hydrogens (tertiary/aromatic N) is 2. The zero-order valence-electron chi connectivity index (χ0n) is 16.2. The van der Waals surface area contributed by atoms with Crippen molar-refractivity contribution in [2.24, 2.45) is 10.2 Å². The molecule has 0 radical (unpaired) electrons. The van der Waals surface area contributed by atoms with Crippen molar-refractivity contribution < 1.29 is 14.3 Å². The van der Waals surface area contributed by atoms with Gasteiger partial charge < -0.3 is 9.47 Å². The number of unbranched alkanes of at least 4 members (excludes halogenated alkanes) is 1. The SMILES string of the molecule is C=CCOCCCCOC(=O)c1ccc(/C=N/N=C/c2ccc(C)cc2)cc1. The summed E-state index contributed by atoms with van der Waals surface area (Å²) in [4.78, 5) is 12.0. The maximum atomic E-state index is 12.0. The zero-order chi connectivity index (χ0) is 20.0. The molecule has 0 aromatic heterocycles. The summed E-state index contributed by atoms with van der Waals surface area (Å²) in [7, 11) is 0. The Kier molecular flexibility index (Phi) is 9.38. The lowest BCUT2D eigenvalue weighted by Gasteiger charge is -2.05. The molecule has 0 saturated heterocycles. The maximum Gasteiger partial charge on any atom is 0.338 e. The van der Waals surface area contributed by atoms with Gasteiger partial charge in [0.05, 0.1) is 31.2 Å². The third-order valence-corrected chi connectivity index (χ3v) is 3.86. The quantitative estimate of drug-likeness (QED) is 0.189. The molecule has 0 unspecified atom stereocenters. The average molecular weight is 378 g/mol. The highest BCUT2D eigenvalue weighted by atomic mass is 16.5. The number of hydrogen-bond acceptors (Lipinski definition) is 5. The number of carbonyl (C=O) groups is 1. The first-order chi connectivity index (χ1) is 13.7. The van der Waals surface area contributed by atoms with Crippen LogP contribution in [0.25, 0.3) is 0 Å². The summed E-state index contributed by atoms with van der Waals surface area (Å²) in [6, 6.07) is 15.1. The van der Waals surface area contributed by atoms with Crippen molar-refractivity contribution in [1.29, 1.82) is 0 Å². The summed E-state index contributed by atoms with van der Waals surface area (Å²) in [5.41, 5.74) is 3.57. The minimum Gasteiger partial charge on any atom is -0.462 e. The van der Waals surface area contributed by atoms with Crippen molar-refractivity contribution in [2.45, 2.75) is 19.8 Å². The molecule has 0 atom stereocenters.